The number of likely N-dealkylation sites (N-methyl/N-ethyl adjacent to an activating group) is 1. The van der Waals surface area contributed by atoms with Crippen LogP contribution in [0.1, 0.15) is 22.4 Å². The van der Waals surface area contributed by atoms with Crippen LogP contribution in [0.4, 0.5) is 5.95 Å². The number of aryl methyl sites for hydroxylation is 1. The maximum atomic E-state index is 4.89. The summed E-state index contributed by atoms with van der Waals surface area (Å²) in [6, 6.07) is 8.80. The third kappa shape index (κ3) is 3.83. The van der Waals surface area contributed by atoms with E-state index in [0.717, 1.165) is 58.2 Å². The molecule has 25 heavy (non-hydrogen) atoms. The highest BCUT2D eigenvalue weighted by atomic mass is 15.3. The SMILES string of the molecule is Cc1cccc(CN2CCc3nc(N4CCN(C)CC4)ncc3C2)c1. The van der Waals surface area contributed by atoms with Crippen LogP contribution in [-0.2, 0) is 19.5 Å². The predicted octanol–water partition coefficient (Wildman–Crippen LogP) is 2.10. The van der Waals surface area contributed by atoms with E-state index in [1.165, 1.54) is 22.4 Å². The number of hydrogen-bond acceptors (Lipinski definition) is 5. The first-order chi connectivity index (χ1) is 12.2. The first kappa shape index (κ1) is 16.5. The Kier molecular flexibility index (Phi) is 4.68. The third-order valence-electron chi connectivity index (χ3n) is 5.28. The van der Waals surface area contributed by atoms with Crippen molar-refractivity contribution in [3.05, 3.63) is 52.8 Å². The van der Waals surface area contributed by atoms with Crippen molar-refractivity contribution in [3.63, 3.8) is 0 Å². The minimum absolute atomic E-state index is 0.916. The quantitative estimate of drug-likeness (QED) is 0.857. The van der Waals surface area contributed by atoms with Crippen LogP contribution in [-0.4, -0.2) is 59.5 Å². The molecule has 0 unspecified atom stereocenters. The molecule has 132 valence electrons. The number of piperazine rings is 1. The van der Waals surface area contributed by atoms with Gasteiger partial charge in [0, 0.05) is 64.0 Å². The van der Waals surface area contributed by atoms with Crippen molar-refractivity contribution < 1.29 is 0 Å². The van der Waals surface area contributed by atoms with Gasteiger partial charge < -0.3 is 9.80 Å². The fourth-order valence-corrected chi connectivity index (χ4v) is 3.73. The van der Waals surface area contributed by atoms with E-state index in [4.69, 9.17) is 4.98 Å². The Morgan fingerprint density at radius 3 is 2.72 bits per heavy atom. The lowest BCUT2D eigenvalue weighted by Gasteiger charge is -2.33. The van der Waals surface area contributed by atoms with Crippen LogP contribution in [0.3, 0.4) is 0 Å². The molecule has 5 nitrogen and oxygen atoms in total. The van der Waals surface area contributed by atoms with E-state index in [9.17, 15) is 0 Å². The lowest BCUT2D eigenvalue weighted by molar-refractivity contribution is 0.242. The van der Waals surface area contributed by atoms with Gasteiger partial charge >= 0.3 is 0 Å². The Balaban J connectivity index is 1.43. The van der Waals surface area contributed by atoms with Gasteiger partial charge in [0.1, 0.15) is 0 Å². The largest absolute Gasteiger partial charge is 0.338 e. The van der Waals surface area contributed by atoms with Crippen LogP contribution in [0.25, 0.3) is 0 Å². The Bertz CT molecular complexity index is 737. The molecule has 5 heteroatoms. The van der Waals surface area contributed by atoms with E-state index in [1.54, 1.807) is 0 Å². The minimum Gasteiger partial charge on any atom is -0.338 e. The number of aromatic nitrogens is 2. The number of hydrogen-bond donors (Lipinski definition) is 0. The van der Waals surface area contributed by atoms with Gasteiger partial charge in [-0.15, -0.1) is 0 Å². The average molecular weight is 337 g/mol. The van der Waals surface area contributed by atoms with Crippen LogP contribution in [0, 0.1) is 6.92 Å². The summed E-state index contributed by atoms with van der Waals surface area (Å²) in [5.74, 6) is 0.916. The average Bonchev–Trinajstić information content (AvgIpc) is 2.62. The number of fused-ring (bicyclic) bond motifs is 1. The van der Waals surface area contributed by atoms with E-state index < -0.39 is 0 Å². The zero-order valence-electron chi connectivity index (χ0n) is 15.3. The lowest BCUT2D eigenvalue weighted by Crippen LogP contribution is -2.45. The second-order valence-electron chi connectivity index (χ2n) is 7.38. The highest BCUT2D eigenvalue weighted by Crippen LogP contribution is 2.21. The molecule has 2 aromatic rings. The molecule has 0 bridgehead atoms. The van der Waals surface area contributed by atoms with E-state index in [1.807, 2.05) is 0 Å². The molecule has 2 aliphatic rings. The second kappa shape index (κ2) is 7.10. The highest BCUT2D eigenvalue weighted by Gasteiger charge is 2.21. The van der Waals surface area contributed by atoms with Crippen molar-refractivity contribution >= 4 is 5.95 Å². The smallest absolute Gasteiger partial charge is 0.225 e. The van der Waals surface area contributed by atoms with E-state index in [0.29, 0.717) is 0 Å². The molecule has 1 aromatic carbocycles. The Morgan fingerprint density at radius 1 is 1.08 bits per heavy atom. The van der Waals surface area contributed by atoms with Gasteiger partial charge in [-0.1, -0.05) is 29.8 Å². The summed E-state index contributed by atoms with van der Waals surface area (Å²) < 4.78 is 0. The molecule has 0 atom stereocenters. The summed E-state index contributed by atoms with van der Waals surface area (Å²) in [7, 11) is 2.17. The number of nitrogens with zero attached hydrogens (tertiary/aromatic N) is 5. The van der Waals surface area contributed by atoms with Crippen molar-refractivity contribution in [2.24, 2.45) is 0 Å². The molecule has 0 amide bonds. The van der Waals surface area contributed by atoms with Crippen LogP contribution in [0.15, 0.2) is 30.5 Å². The van der Waals surface area contributed by atoms with Crippen molar-refractivity contribution in [3.8, 4) is 0 Å². The molecule has 4 rings (SSSR count). The first-order valence-corrected chi connectivity index (χ1v) is 9.23. The first-order valence-electron chi connectivity index (χ1n) is 9.23. The zero-order chi connectivity index (χ0) is 17.2. The monoisotopic (exact) mass is 337 g/mol. The van der Waals surface area contributed by atoms with Crippen LogP contribution in [0.5, 0.6) is 0 Å². The maximum absolute atomic E-state index is 4.89. The molecule has 1 saturated heterocycles. The van der Waals surface area contributed by atoms with Gasteiger partial charge in [-0.25, -0.2) is 9.97 Å². The molecule has 0 saturated carbocycles. The summed E-state index contributed by atoms with van der Waals surface area (Å²) in [5.41, 5.74) is 5.25. The van der Waals surface area contributed by atoms with Crippen LogP contribution in [0.2, 0.25) is 0 Å². The predicted molar refractivity (Wildman–Crippen MR) is 101 cm³/mol. The van der Waals surface area contributed by atoms with Gasteiger partial charge in [0.05, 0.1) is 5.69 Å². The van der Waals surface area contributed by atoms with E-state index >= 15 is 0 Å². The summed E-state index contributed by atoms with van der Waals surface area (Å²) >= 11 is 0. The third-order valence-corrected chi connectivity index (χ3v) is 5.28. The van der Waals surface area contributed by atoms with Crippen molar-refractivity contribution in [2.75, 3.05) is 44.7 Å². The Morgan fingerprint density at radius 2 is 1.92 bits per heavy atom. The molecule has 0 aliphatic carbocycles. The molecule has 1 aromatic heterocycles. The van der Waals surface area contributed by atoms with E-state index in [2.05, 4.69) is 64.1 Å². The van der Waals surface area contributed by atoms with Crippen molar-refractivity contribution in [1.82, 2.24) is 19.8 Å². The van der Waals surface area contributed by atoms with Gasteiger partial charge in [0.15, 0.2) is 0 Å². The van der Waals surface area contributed by atoms with Crippen molar-refractivity contribution in [1.29, 1.82) is 0 Å². The van der Waals surface area contributed by atoms with Crippen molar-refractivity contribution in [2.45, 2.75) is 26.4 Å². The molecular weight excluding hydrogens is 310 g/mol. The topological polar surface area (TPSA) is 35.5 Å². The summed E-state index contributed by atoms with van der Waals surface area (Å²) in [5, 5.41) is 0. The highest BCUT2D eigenvalue weighted by molar-refractivity contribution is 5.35. The molecule has 1 fully saturated rings. The maximum Gasteiger partial charge on any atom is 0.225 e. The van der Waals surface area contributed by atoms with E-state index in [-0.39, 0.29) is 0 Å². The summed E-state index contributed by atoms with van der Waals surface area (Å²) in [4.78, 5) is 16.7. The Labute approximate surface area is 150 Å². The molecular formula is C20H27N5. The second-order valence-corrected chi connectivity index (χ2v) is 7.38. The van der Waals surface area contributed by atoms with Crippen LogP contribution >= 0.6 is 0 Å². The van der Waals surface area contributed by atoms with Gasteiger partial charge in [-0.2, -0.15) is 0 Å². The minimum atomic E-state index is 0.916. The van der Waals surface area contributed by atoms with Gasteiger partial charge in [0.2, 0.25) is 5.95 Å². The molecule has 3 heterocycles. The molecule has 2 aliphatic heterocycles. The van der Waals surface area contributed by atoms with Gasteiger partial charge in [0.25, 0.3) is 0 Å². The normalized spacial score (nSPS) is 19.0. The summed E-state index contributed by atoms with van der Waals surface area (Å²) in [6.45, 7) is 9.40. The molecule has 0 spiro atoms. The molecule has 0 N–H and O–H groups in total. The van der Waals surface area contributed by atoms with Gasteiger partial charge in [-0.3, -0.25) is 4.90 Å². The fourth-order valence-electron chi connectivity index (χ4n) is 3.73. The summed E-state index contributed by atoms with van der Waals surface area (Å²) in [6.07, 6.45) is 3.07. The standard InChI is InChI=1S/C20H27N5/c1-16-4-3-5-17(12-16)14-24-7-6-19-18(15-24)13-21-20(22-19)25-10-8-23(2)9-11-25/h3-5,12-13H,6-11,14-15H2,1-2H3. The van der Waals surface area contributed by atoms with Gasteiger partial charge in [-0.05, 0) is 19.5 Å². The lowest BCUT2D eigenvalue weighted by atomic mass is 10.1. The van der Waals surface area contributed by atoms with Crippen LogP contribution < -0.4 is 4.90 Å². The fraction of sp³-hybridized carbons (Fsp3) is 0.500. The number of anilines is 1. The molecule has 0 radical (unpaired) electrons. The number of rotatable bonds is 3. The number of benzene rings is 1. The zero-order valence-corrected chi connectivity index (χ0v) is 15.3. The Hall–Kier alpha value is -1.98.